The number of anilines is 1. The predicted molar refractivity (Wildman–Crippen MR) is 103 cm³/mol. The summed E-state index contributed by atoms with van der Waals surface area (Å²) in [5.41, 5.74) is 3.77. The van der Waals surface area contributed by atoms with Crippen LogP contribution in [0.25, 0.3) is 0 Å². The Hall–Kier alpha value is -3.02. The summed E-state index contributed by atoms with van der Waals surface area (Å²) in [4.78, 5) is 23.3. The SMILES string of the molecule is COC(=O)COc1ccc(NC(=O)CCOc2cc(C)cc(C)c2)c(C)c1. The zero-order valence-corrected chi connectivity index (χ0v) is 16.1. The molecule has 2 aromatic rings. The Morgan fingerprint density at radius 1 is 0.926 bits per heavy atom. The molecule has 0 aliphatic heterocycles. The molecule has 27 heavy (non-hydrogen) atoms. The Labute approximate surface area is 159 Å². The zero-order valence-electron chi connectivity index (χ0n) is 16.1. The van der Waals surface area contributed by atoms with Crippen molar-refractivity contribution >= 4 is 17.6 Å². The first-order valence-electron chi connectivity index (χ1n) is 8.68. The molecule has 0 fully saturated rings. The van der Waals surface area contributed by atoms with E-state index in [9.17, 15) is 9.59 Å². The molecule has 0 heterocycles. The predicted octanol–water partition coefficient (Wildman–Crippen LogP) is 3.57. The molecule has 6 nitrogen and oxygen atoms in total. The molecular weight excluding hydrogens is 346 g/mol. The maximum Gasteiger partial charge on any atom is 0.343 e. The lowest BCUT2D eigenvalue weighted by molar-refractivity contribution is -0.142. The number of esters is 1. The average Bonchev–Trinajstić information content (AvgIpc) is 2.61. The number of amides is 1. The van der Waals surface area contributed by atoms with E-state index < -0.39 is 5.97 Å². The van der Waals surface area contributed by atoms with Gasteiger partial charge in [-0.05, 0) is 67.8 Å². The van der Waals surface area contributed by atoms with Crippen molar-refractivity contribution in [1.82, 2.24) is 0 Å². The summed E-state index contributed by atoms with van der Waals surface area (Å²) < 4.78 is 15.5. The molecule has 0 radical (unpaired) electrons. The van der Waals surface area contributed by atoms with Crippen molar-refractivity contribution in [2.75, 3.05) is 25.6 Å². The lowest BCUT2D eigenvalue weighted by atomic mass is 10.1. The molecule has 2 rings (SSSR count). The summed E-state index contributed by atoms with van der Waals surface area (Å²) in [5.74, 6) is 0.720. The van der Waals surface area contributed by atoms with E-state index >= 15 is 0 Å². The third kappa shape index (κ3) is 6.66. The third-order valence-corrected chi connectivity index (χ3v) is 3.85. The van der Waals surface area contributed by atoms with E-state index in [2.05, 4.69) is 16.1 Å². The van der Waals surface area contributed by atoms with Gasteiger partial charge < -0.3 is 19.5 Å². The van der Waals surface area contributed by atoms with Crippen molar-refractivity contribution in [2.45, 2.75) is 27.2 Å². The van der Waals surface area contributed by atoms with Crippen molar-refractivity contribution in [3.05, 3.63) is 53.1 Å². The van der Waals surface area contributed by atoms with Crippen LogP contribution in [-0.2, 0) is 14.3 Å². The molecule has 144 valence electrons. The van der Waals surface area contributed by atoms with E-state index in [0.29, 0.717) is 18.0 Å². The van der Waals surface area contributed by atoms with Gasteiger partial charge in [-0.1, -0.05) is 6.07 Å². The fourth-order valence-electron chi connectivity index (χ4n) is 2.56. The second-order valence-corrected chi connectivity index (χ2v) is 6.31. The van der Waals surface area contributed by atoms with E-state index in [1.54, 1.807) is 18.2 Å². The highest BCUT2D eigenvalue weighted by atomic mass is 16.6. The number of methoxy groups -OCH3 is 1. The minimum absolute atomic E-state index is 0.134. The molecule has 6 heteroatoms. The summed E-state index contributed by atoms with van der Waals surface area (Å²) in [6.45, 7) is 6.01. The molecule has 2 aromatic carbocycles. The number of benzene rings is 2. The van der Waals surface area contributed by atoms with E-state index in [1.807, 2.05) is 32.9 Å². The minimum Gasteiger partial charge on any atom is -0.493 e. The van der Waals surface area contributed by atoms with Gasteiger partial charge in [-0.15, -0.1) is 0 Å². The molecule has 1 amide bonds. The topological polar surface area (TPSA) is 73.9 Å². The van der Waals surface area contributed by atoms with E-state index in [-0.39, 0.29) is 18.9 Å². The van der Waals surface area contributed by atoms with E-state index in [4.69, 9.17) is 9.47 Å². The summed E-state index contributed by atoms with van der Waals surface area (Å²) in [6.07, 6.45) is 0.243. The third-order valence-electron chi connectivity index (χ3n) is 3.85. The molecular formula is C21H25NO5. The highest BCUT2D eigenvalue weighted by Crippen LogP contribution is 2.22. The van der Waals surface area contributed by atoms with Crippen molar-refractivity contribution in [3.63, 3.8) is 0 Å². The Bertz CT molecular complexity index is 796. The molecule has 0 saturated heterocycles. The van der Waals surface area contributed by atoms with E-state index in [0.717, 1.165) is 22.4 Å². The monoisotopic (exact) mass is 371 g/mol. The smallest absolute Gasteiger partial charge is 0.343 e. The normalized spacial score (nSPS) is 10.2. The standard InChI is InChI=1S/C21H25NO5/c1-14-9-15(2)11-18(10-14)26-8-7-20(23)22-19-6-5-17(12-16(19)3)27-13-21(24)25-4/h5-6,9-12H,7-8,13H2,1-4H3,(H,22,23). The van der Waals surface area contributed by atoms with Crippen LogP contribution in [0, 0.1) is 20.8 Å². The van der Waals surface area contributed by atoms with Crippen molar-refractivity contribution in [1.29, 1.82) is 0 Å². The number of hydrogen-bond acceptors (Lipinski definition) is 5. The lowest BCUT2D eigenvalue weighted by Gasteiger charge is -2.12. The van der Waals surface area contributed by atoms with Crippen molar-refractivity contribution in [2.24, 2.45) is 0 Å². The molecule has 0 saturated carbocycles. The van der Waals surface area contributed by atoms with Crippen LogP contribution >= 0.6 is 0 Å². The van der Waals surface area contributed by atoms with Crippen LogP contribution in [0.1, 0.15) is 23.1 Å². The quantitative estimate of drug-likeness (QED) is 0.718. The van der Waals surface area contributed by atoms with Gasteiger partial charge in [-0.25, -0.2) is 4.79 Å². The largest absolute Gasteiger partial charge is 0.493 e. The first-order chi connectivity index (χ1) is 12.9. The fraction of sp³-hybridized carbons (Fsp3) is 0.333. The zero-order chi connectivity index (χ0) is 19.8. The summed E-state index contributed by atoms with van der Waals surface area (Å²) in [5, 5.41) is 2.86. The van der Waals surface area contributed by atoms with Crippen LogP contribution < -0.4 is 14.8 Å². The van der Waals surface area contributed by atoms with Crippen LogP contribution in [0.3, 0.4) is 0 Å². The number of hydrogen-bond donors (Lipinski definition) is 1. The molecule has 0 atom stereocenters. The Kier molecular flexibility index (Phi) is 7.23. The van der Waals surface area contributed by atoms with Crippen molar-refractivity contribution < 1.29 is 23.8 Å². The lowest BCUT2D eigenvalue weighted by Crippen LogP contribution is -2.16. The molecule has 0 spiro atoms. The number of carbonyl (C=O) groups is 2. The van der Waals surface area contributed by atoms with Crippen LogP contribution in [0.4, 0.5) is 5.69 Å². The van der Waals surface area contributed by atoms with E-state index in [1.165, 1.54) is 7.11 Å². The first kappa shape index (κ1) is 20.3. The van der Waals surface area contributed by atoms with Gasteiger partial charge in [0.1, 0.15) is 11.5 Å². The minimum atomic E-state index is -0.450. The van der Waals surface area contributed by atoms with Gasteiger partial charge in [-0.3, -0.25) is 4.79 Å². The second-order valence-electron chi connectivity index (χ2n) is 6.31. The van der Waals surface area contributed by atoms with Gasteiger partial charge in [0.15, 0.2) is 6.61 Å². The Morgan fingerprint density at radius 2 is 1.63 bits per heavy atom. The Balaban J connectivity index is 1.83. The summed E-state index contributed by atoms with van der Waals surface area (Å²) in [7, 11) is 1.30. The number of nitrogens with one attached hydrogen (secondary N) is 1. The molecule has 0 aromatic heterocycles. The highest BCUT2D eigenvalue weighted by molar-refractivity contribution is 5.91. The summed E-state index contributed by atoms with van der Waals surface area (Å²) in [6, 6.07) is 11.2. The molecule has 0 aliphatic rings. The van der Waals surface area contributed by atoms with Gasteiger partial charge in [0.2, 0.25) is 5.91 Å². The molecule has 0 bridgehead atoms. The van der Waals surface area contributed by atoms with Crippen LogP contribution in [0.15, 0.2) is 36.4 Å². The highest BCUT2D eigenvalue weighted by Gasteiger charge is 2.08. The fourth-order valence-corrected chi connectivity index (χ4v) is 2.56. The van der Waals surface area contributed by atoms with Gasteiger partial charge in [0.25, 0.3) is 0 Å². The number of rotatable bonds is 8. The molecule has 0 aliphatic carbocycles. The number of aryl methyl sites for hydroxylation is 3. The molecule has 0 unspecified atom stereocenters. The summed E-state index contributed by atoms with van der Waals surface area (Å²) >= 11 is 0. The maximum atomic E-state index is 12.1. The van der Waals surface area contributed by atoms with Crippen LogP contribution in [-0.4, -0.2) is 32.2 Å². The van der Waals surface area contributed by atoms with Gasteiger partial charge in [0.05, 0.1) is 20.1 Å². The average molecular weight is 371 g/mol. The number of ether oxygens (including phenoxy) is 3. The first-order valence-corrected chi connectivity index (χ1v) is 8.68. The Morgan fingerprint density at radius 3 is 2.26 bits per heavy atom. The van der Waals surface area contributed by atoms with Crippen LogP contribution in [0.2, 0.25) is 0 Å². The van der Waals surface area contributed by atoms with Gasteiger partial charge in [0, 0.05) is 5.69 Å². The van der Waals surface area contributed by atoms with Crippen molar-refractivity contribution in [3.8, 4) is 11.5 Å². The molecule has 1 N–H and O–H groups in total. The van der Waals surface area contributed by atoms with Crippen LogP contribution in [0.5, 0.6) is 11.5 Å². The number of carbonyl (C=O) groups excluding carboxylic acids is 2. The maximum absolute atomic E-state index is 12.1. The second kappa shape index (κ2) is 9.62. The van der Waals surface area contributed by atoms with Gasteiger partial charge in [-0.2, -0.15) is 0 Å². The van der Waals surface area contributed by atoms with Gasteiger partial charge >= 0.3 is 5.97 Å².